The Balaban J connectivity index is 2.72. The number of alkyl halides is 1. The molecule has 1 unspecified atom stereocenters. The van der Waals surface area contributed by atoms with Crippen LogP contribution in [0.4, 0.5) is 0 Å². The molecule has 5 nitrogen and oxygen atoms in total. The van der Waals surface area contributed by atoms with Crippen LogP contribution in [-0.4, -0.2) is 33.6 Å². The van der Waals surface area contributed by atoms with E-state index in [1.807, 2.05) is 0 Å². The van der Waals surface area contributed by atoms with Gasteiger partial charge in [-0.1, -0.05) is 11.8 Å². The minimum atomic E-state index is -1.21. The second-order valence-electron chi connectivity index (χ2n) is 2.34. The van der Waals surface area contributed by atoms with Crippen molar-refractivity contribution in [3.8, 4) is 0 Å². The first kappa shape index (κ1) is 9.63. The Hall–Kier alpha value is -0.460. The summed E-state index contributed by atoms with van der Waals surface area (Å²) in [6.07, 6.45) is 0. The van der Waals surface area contributed by atoms with Gasteiger partial charge in [-0.05, 0) is 0 Å². The van der Waals surface area contributed by atoms with Gasteiger partial charge in [0.25, 0.3) is 0 Å². The molecule has 0 radical (unpaired) electrons. The Morgan fingerprint density at radius 3 is 2.92 bits per heavy atom. The summed E-state index contributed by atoms with van der Waals surface area (Å²) in [4.78, 5) is 7.52. The lowest BCUT2D eigenvalue weighted by atomic mass is 10.3. The third kappa shape index (κ3) is 2.26. The summed E-state index contributed by atoms with van der Waals surface area (Å²) in [6.45, 7) is 0. The van der Waals surface area contributed by atoms with Gasteiger partial charge in [0.15, 0.2) is 16.9 Å². The monoisotopic (exact) mass is 208 g/mol. The molecule has 1 aliphatic heterocycles. The zero-order valence-electron chi connectivity index (χ0n) is 6.20. The molecule has 1 rings (SSSR count). The number of aliphatic hydroxyl groups is 1. The molecule has 1 atom stereocenters. The quantitative estimate of drug-likeness (QED) is 0.301. The predicted molar refractivity (Wildman–Crippen MR) is 51.4 cm³/mol. The Kier molecular flexibility index (Phi) is 2.81. The van der Waals surface area contributed by atoms with Crippen molar-refractivity contribution in [2.45, 2.75) is 5.72 Å². The van der Waals surface area contributed by atoms with Gasteiger partial charge in [0.05, 0.1) is 11.6 Å². The molecule has 0 aromatic carbocycles. The van der Waals surface area contributed by atoms with E-state index in [-0.39, 0.29) is 11.8 Å². The lowest BCUT2D eigenvalue weighted by Gasteiger charge is -2.11. The van der Waals surface area contributed by atoms with Crippen LogP contribution >= 0.6 is 23.4 Å². The molecule has 0 amide bonds. The summed E-state index contributed by atoms with van der Waals surface area (Å²) < 4.78 is 0. The van der Waals surface area contributed by atoms with Crippen molar-refractivity contribution in [1.82, 2.24) is 0 Å². The van der Waals surface area contributed by atoms with E-state index in [9.17, 15) is 5.11 Å². The summed E-state index contributed by atoms with van der Waals surface area (Å²) >= 11 is 6.74. The van der Waals surface area contributed by atoms with Crippen molar-refractivity contribution in [1.29, 1.82) is 0 Å². The number of nitrogens with two attached hydrogens (primary N) is 2. The van der Waals surface area contributed by atoms with Crippen molar-refractivity contribution in [2.75, 3.05) is 11.6 Å². The minimum Gasteiger partial charge on any atom is -0.370 e. The van der Waals surface area contributed by atoms with Crippen LogP contribution in [0.15, 0.2) is 9.98 Å². The van der Waals surface area contributed by atoms with Gasteiger partial charge in [-0.3, -0.25) is 0 Å². The maximum absolute atomic E-state index is 9.49. The highest BCUT2D eigenvalue weighted by Gasteiger charge is 2.32. The van der Waals surface area contributed by atoms with E-state index in [4.69, 9.17) is 23.1 Å². The fraction of sp³-hybridized carbons (Fsp3) is 0.600. The minimum absolute atomic E-state index is 0.0451. The van der Waals surface area contributed by atoms with Gasteiger partial charge in [0.1, 0.15) is 0 Å². The number of guanidine groups is 1. The van der Waals surface area contributed by atoms with E-state index < -0.39 is 5.72 Å². The Morgan fingerprint density at radius 2 is 2.50 bits per heavy atom. The van der Waals surface area contributed by atoms with Gasteiger partial charge in [0, 0.05) is 0 Å². The number of amidine groups is 1. The molecule has 1 heterocycles. The van der Waals surface area contributed by atoms with Crippen molar-refractivity contribution in [2.24, 2.45) is 21.5 Å². The molecule has 0 saturated heterocycles. The Bertz CT molecular complexity index is 240. The van der Waals surface area contributed by atoms with Crippen LogP contribution in [0.3, 0.4) is 0 Å². The van der Waals surface area contributed by atoms with Crippen LogP contribution in [0, 0.1) is 0 Å². The van der Waals surface area contributed by atoms with Crippen molar-refractivity contribution >= 4 is 34.5 Å². The summed E-state index contributed by atoms with van der Waals surface area (Å²) in [7, 11) is 0. The highest BCUT2D eigenvalue weighted by atomic mass is 35.5. The van der Waals surface area contributed by atoms with Gasteiger partial charge in [-0.25, -0.2) is 4.99 Å². The van der Waals surface area contributed by atoms with Crippen LogP contribution < -0.4 is 11.5 Å². The molecule has 0 aromatic heterocycles. The van der Waals surface area contributed by atoms with E-state index in [1.165, 1.54) is 11.8 Å². The fourth-order valence-corrected chi connectivity index (χ4v) is 1.86. The predicted octanol–water partition coefficient (Wildman–Crippen LogP) is -0.710. The van der Waals surface area contributed by atoms with Crippen molar-refractivity contribution in [3.63, 3.8) is 0 Å². The van der Waals surface area contributed by atoms with E-state index in [0.29, 0.717) is 10.9 Å². The van der Waals surface area contributed by atoms with Gasteiger partial charge in [0.2, 0.25) is 0 Å². The molecule has 1 aliphatic rings. The summed E-state index contributed by atoms with van der Waals surface area (Å²) in [5.74, 6) is 0.367. The van der Waals surface area contributed by atoms with Crippen LogP contribution in [0.1, 0.15) is 0 Å². The first-order valence-corrected chi connectivity index (χ1v) is 4.68. The van der Waals surface area contributed by atoms with Gasteiger partial charge in [-0.2, -0.15) is 4.99 Å². The molecule has 7 heteroatoms. The normalized spacial score (nSPS) is 28.3. The van der Waals surface area contributed by atoms with Crippen molar-refractivity contribution in [3.05, 3.63) is 0 Å². The molecule has 0 aromatic rings. The third-order valence-electron chi connectivity index (χ3n) is 1.17. The maximum atomic E-state index is 9.49. The molecule has 0 aliphatic carbocycles. The van der Waals surface area contributed by atoms with Crippen LogP contribution in [0.2, 0.25) is 0 Å². The smallest absolute Gasteiger partial charge is 0.193 e. The standard InChI is InChI=1S/C5H9ClN4OS/c6-1-5(11)2-12-4(10-5)9-3(7)8/h11H,1-2H2,(H4,7,8,9,10). The number of hydrogen-bond donors (Lipinski definition) is 3. The Labute approximate surface area is 78.9 Å². The van der Waals surface area contributed by atoms with E-state index >= 15 is 0 Å². The zero-order valence-corrected chi connectivity index (χ0v) is 7.77. The lowest BCUT2D eigenvalue weighted by molar-refractivity contribution is 0.102. The van der Waals surface area contributed by atoms with Crippen molar-refractivity contribution < 1.29 is 5.11 Å². The molecule has 12 heavy (non-hydrogen) atoms. The first-order chi connectivity index (χ1) is 5.56. The highest BCUT2D eigenvalue weighted by Crippen LogP contribution is 2.26. The maximum Gasteiger partial charge on any atom is 0.193 e. The molecule has 5 N–H and O–H groups in total. The zero-order chi connectivity index (χ0) is 9.19. The number of nitrogens with zero attached hydrogens (tertiary/aromatic N) is 2. The molecule has 0 bridgehead atoms. The molecule has 0 spiro atoms. The molecule has 68 valence electrons. The molecular formula is C5H9ClN4OS. The van der Waals surface area contributed by atoms with Gasteiger partial charge < -0.3 is 16.6 Å². The average molecular weight is 209 g/mol. The fourth-order valence-electron chi connectivity index (χ4n) is 0.659. The lowest BCUT2D eigenvalue weighted by Crippen LogP contribution is -2.28. The molecular weight excluding hydrogens is 200 g/mol. The number of aliphatic imine (C=N–C) groups is 2. The van der Waals surface area contributed by atoms with Gasteiger partial charge in [-0.15, -0.1) is 11.6 Å². The average Bonchev–Trinajstić information content (AvgIpc) is 2.32. The highest BCUT2D eigenvalue weighted by molar-refractivity contribution is 8.14. The number of hydrogen-bond acceptors (Lipinski definition) is 4. The first-order valence-electron chi connectivity index (χ1n) is 3.16. The molecule has 0 saturated carbocycles. The second kappa shape index (κ2) is 3.51. The molecule has 0 fully saturated rings. The summed E-state index contributed by atoms with van der Waals surface area (Å²) in [5, 5.41) is 9.87. The number of halogens is 1. The summed E-state index contributed by atoms with van der Waals surface area (Å²) in [5.41, 5.74) is 9.03. The number of rotatable bonds is 1. The number of thioether (sulfide) groups is 1. The largest absolute Gasteiger partial charge is 0.370 e. The van der Waals surface area contributed by atoms with E-state index in [1.54, 1.807) is 0 Å². The van der Waals surface area contributed by atoms with Crippen LogP contribution in [0.5, 0.6) is 0 Å². The van der Waals surface area contributed by atoms with Gasteiger partial charge >= 0.3 is 0 Å². The van der Waals surface area contributed by atoms with E-state index in [0.717, 1.165) is 0 Å². The van der Waals surface area contributed by atoms with Crippen LogP contribution in [0.25, 0.3) is 0 Å². The topological polar surface area (TPSA) is 97.0 Å². The van der Waals surface area contributed by atoms with E-state index in [2.05, 4.69) is 9.98 Å². The third-order valence-corrected chi connectivity index (χ3v) is 2.65. The van der Waals surface area contributed by atoms with Crippen LogP contribution in [-0.2, 0) is 0 Å². The second-order valence-corrected chi connectivity index (χ2v) is 3.55. The summed E-state index contributed by atoms with van der Waals surface area (Å²) in [6, 6.07) is 0. The SMILES string of the molecule is NC(N)=NC1=NC(O)(CCl)CS1. The Morgan fingerprint density at radius 1 is 1.83 bits per heavy atom.